The Kier molecular flexibility index (Phi) is 4.95. The Morgan fingerprint density at radius 2 is 2.24 bits per heavy atom. The van der Waals surface area contributed by atoms with Crippen molar-refractivity contribution in [1.29, 1.82) is 0 Å². The lowest BCUT2D eigenvalue weighted by atomic mass is 10.1. The minimum atomic E-state index is 0.573. The zero-order chi connectivity index (χ0) is 12.1. The first-order valence-electron chi connectivity index (χ1n) is 6.67. The van der Waals surface area contributed by atoms with Gasteiger partial charge in [0.2, 0.25) is 0 Å². The molecule has 2 rings (SSSR count). The van der Waals surface area contributed by atoms with Crippen LogP contribution in [-0.4, -0.2) is 42.6 Å². The van der Waals surface area contributed by atoms with Crippen LogP contribution in [0.4, 0.5) is 0 Å². The lowest BCUT2D eigenvalue weighted by Gasteiger charge is -2.29. The van der Waals surface area contributed by atoms with Crippen LogP contribution < -0.4 is 5.32 Å². The van der Waals surface area contributed by atoms with Gasteiger partial charge in [0.15, 0.2) is 0 Å². The van der Waals surface area contributed by atoms with E-state index in [1.54, 1.807) is 0 Å². The first-order chi connectivity index (χ1) is 8.29. The van der Waals surface area contributed by atoms with Crippen molar-refractivity contribution in [1.82, 2.24) is 15.2 Å². The maximum absolute atomic E-state index is 4.74. The first-order valence-corrected chi connectivity index (χ1v) is 7.55. The van der Waals surface area contributed by atoms with E-state index in [0.29, 0.717) is 5.92 Å². The van der Waals surface area contributed by atoms with E-state index in [-0.39, 0.29) is 0 Å². The standard InChI is InChI=1S/C13H23N3S/c1-3-4-12-10-17-13(15-12)11(2)9-16-7-5-14-6-8-16/h10-11,14H,3-9H2,1-2H3. The molecule has 1 aliphatic rings. The van der Waals surface area contributed by atoms with E-state index in [4.69, 9.17) is 4.98 Å². The number of thiazole rings is 1. The van der Waals surface area contributed by atoms with Gasteiger partial charge in [0.25, 0.3) is 0 Å². The van der Waals surface area contributed by atoms with Crippen molar-refractivity contribution in [3.8, 4) is 0 Å². The number of rotatable bonds is 5. The molecule has 0 aliphatic carbocycles. The molecule has 1 atom stereocenters. The lowest BCUT2D eigenvalue weighted by molar-refractivity contribution is 0.230. The van der Waals surface area contributed by atoms with Crippen LogP contribution in [0.15, 0.2) is 5.38 Å². The molecule has 17 heavy (non-hydrogen) atoms. The number of nitrogens with zero attached hydrogens (tertiary/aromatic N) is 2. The SMILES string of the molecule is CCCc1csc(C(C)CN2CCNCC2)n1. The van der Waals surface area contributed by atoms with Crippen LogP contribution in [-0.2, 0) is 6.42 Å². The quantitative estimate of drug-likeness (QED) is 0.871. The van der Waals surface area contributed by atoms with Crippen molar-refractivity contribution in [2.75, 3.05) is 32.7 Å². The second-order valence-electron chi connectivity index (χ2n) is 4.88. The van der Waals surface area contributed by atoms with Crippen LogP contribution in [0.1, 0.15) is 36.9 Å². The number of hydrogen-bond donors (Lipinski definition) is 1. The van der Waals surface area contributed by atoms with Gasteiger partial charge in [-0.1, -0.05) is 20.3 Å². The van der Waals surface area contributed by atoms with E-state index in [1.807, 2.05) is 11.3 Å². The number of aromatic nitrogens is 1. The molecular weight excluding hydrogens is 230 g/mol. The fourth-order valence-corrected chi connectivity index (χ4v) is 3.18. The molecule has 1 fully saturated rings. The third-order valence-corrected chi connectivity index (χ3v) is 4.36. The van der Waals surface area contributed by atoms with E-state index in [9.17, 15) is 0 Å². The molecule has 1 saturated heterocycles. The van der Waals surface area contributed by atoms with Gasteiger partial charge in [0.05, 0.1) is 10.7 Å². The van der Waals surface area contributed by atoms with Gasteiger partial charge in [-0.2, -0.15) is 0 Å². The van der Waals surface area contributed by atoms with E-state index in [2.05, 4.69) is 29.4 Å². The Morgan fingerprint density at radius 1 is 1.47 bits per heavy atom. The topological polar surface area (TPSA) is 28.2 Å². The summed E-state index contributed by atoms with van der Waals surface area (Å²) >= 11 is 1.83. The largest absolute Gasteiger partial charge is 0.314 e. The third-order valence-electron chi connectivity index (χ3n) is 3.24. The van der Waals surface area contributed by atoms with Crippen LogP contribution in [0.3, 0.4) is 0 Å². The molecule has 0 radical (unpaired) electrons. The number of nitrogens with one attached hydrogen (secondary N) is 1. The predicted molar refractivity (Wildman–Crippen MR) is 73.8 cm³/mol. The van der Waals surface area contributed by atoms with E-state index in [0.717, 1.165) is 26.1 Å². The van der Waals surface area contributed by atoms with Crippen molar-refractivity contribution >= 4 is 11.3 Å². The normalized spacial score (nSPS) is 19.4. The van der Waals surface area contributed by atoms with Gasteiger partial charge in [-0.3, -0.25) is 0 Å². The highest BCUT2D eigenvalue weighted by molar-refractivity contribution is 7.09. The third kappa shape index (κ3) is 3.76. The smallest absolute Gasteiger partial charge is 0.0969 e. The molecule has 3 nitrogen and oxygen atoms in total. The first kappa shape index (κ1) is 13.0. The van der Waals surface area contributed by atoms with Crippen molar-refractivity contribution < 1.29 is 0 Å². The van der Waals surface area contributed by atoms with Crippen molar-refractivity contribution in [3.63, 3.8) is 0 Å². The molecule has 1 aliphatic heterocycles. The Morgan fingerprint density at radius 3 is 2.94 bits per heavy atom. The average Bonchev–Trinajstić information content (AvgIpc) is 2.79. The molecule has 1 unspecified atom stereocenters. The van der Waals surface area contributed by atoms with E-state index in [1.165, 1.54) is 30.2 Å². The van der Waals surface area contributed by atoms with Gasteiger partial charge >= 0.3 is 0 Å². The average molecular weight is 253 g/mol. The molecule has 0 aromatic carbocycles. The summed E-state index contributed by atoms with van der Waals surface area (Å²) in [5.41, 5.74) is 1.28. The minimum Gasteiger partial charge on any atom is -0.314 e. The highest BCUT2D eigenvalue weighted by Crippen LogP contribution is 2.21. The van der Waals surface area contributed by atoms with Crippen LogP contribution in [0.5, 0.6) is 0 Å². The number of piperazine rings is 1. The monoisotopic (exact) mass is 253 g/mol. The Bertz CT molecular complexity index is 331. The highest BCUT2D eigenvalue weighted by atomic mass is 32.1. The summed E-state index contributed by atoms with van der Waals surface area (Å²) in [5.74, 6) is 0.573. The van der Waals surface area contributed by atoms with Crippen LogP contribution in [0.25, 0.3) is 0 Å². The second-order valence-corrected chi connectivity index (χ2v) is 5.77. The maximum atomic E-state index is 4.74. The fourth-order valence-electron chi connectivity index (χ4n) is 2.28. The molecule has 4 heteroatoms. The molecule has 0 amide bonds. The Labute approximate surface area is 108 Å². The summed E-state index contributed by atoms with van der Waals surface area (Å²) in [6, 6.07) is 0. The summed E-state index contributed by atoms with van der Waals surface area (Å²) in [6.45, 7) is 10.3. The lowest BCUT2D eigenvalue weighted by Crippen LogP contribution is -2.44. The zero-order valence-electron chi connectivity index (χ0n) is 10.9. The molecule has 0 bridgehead atoms. The maximum Gasteiger partial charge on any atom is 0.0969 e. The molecule has 96 valence electrons. The van der Waals surface area contributed by atoms with Crippen LogP contribution in [0, 0.1) is 0 Å². The van der Waals surface area contributed by atoms with Gasteiger partial charge in [0, 0.05) is 44.0 Å². The molecule has 0 spiro atoms. The molecule has 0 saturated carbocycles. The summed E-state index contributed by atoms with van der Waals surface area (Å²) in [5, 5.41) is 6.94. The van der Waals surface area contributed by atoms with Gasteiger partial charge in [-0.05, 0) is 6.42 Å². The van der Waals surface area contributed by atoms with E-state index < -0.39 is 0 Å². The van der Waals surface area contributed by atoms with Crippen LogP contribution >= 0.6 is 11.3 Å². The Hall–Kier alpha value is -0.450. The molecule has 2 heterocycles. The number of aryl methyl sites for hydroxylation is 1. The van der Waals surface area contributed by atoms with Gasteiger partial charge in [-0.15, -0.1) is 11.3 Å². The molecule has 1 aromatic rings. The zero-order valence-corrected chi connectivity index (χ0v) is 11.7. The summed E-state index contributed by atoms with van der Waals surface area (Å²) in [6.07, 6.45) is 2.31. The van der Waals surface area contributed by atoms with Gasteiger partial charge in [-0.25, -0.2) is 4.98 Å². The van der Waals surface area contributed by atoms with Crippen LogP contribution in [0.2, 0.25) is 0 Å². The van der Waals surface area contributed by atoms with E-state index >= 15 is 0 Å². The second kappa shape index (κ2) is 6.47. The number of hydrogen-bond acceptors (Lipinski definition) is 4. The van der Waals surface area contributed by atoms with Gasteiger partial charge in [0.1, 0.15) is 0 Å². The highest BCUT2D eigenvalue weighted by Gasteiger charge is 2.16. The van der Waals surface area contributed by atoms with Crippen molar-refractivity contribution in [3.05, 3.63) is 16.1 Å². The molecular formula is C13H23N3S. The molecule has 1 aromatic heterocycles. The van der Waals surface area contributed by atoms with Gasteiger partial charge < -0.3 is 10.2 Å². The fraction of sp³-hybridized carbons (Fsp3) is 0.769. The molecule has 1 N–H and O–H groups in total. The predicted octanol–water partition coefficient (Wildman–Crippen LogP) is 2.10. The Balaban J connectivity index is 1.86. The summed E-state index contributed by atoms with van der Waals surface area (Å²) < 4.78 is 0. The summed E-state index contributed by atoms with van der Waals surface area (Å²) in [4.78, 5) is 7.29. The van der Waals surface area contributed by atoms with Crippen molar-refractivity contribution in [2.24, 2.45) is 0 Å². The minimum absolute atomic E-state index is 0.573. The summed E-state index contributed by atoms with van der Waals surface area (Å²) in [7, 11) is 0. The van der Waals surface area contributed by atoms with Crippen molar-refractivity contribution in [2.45, 2.75) is 32.6 Å².